The lowest BCUT2D eigenvalue weighted by atomic mass is 9.94. The second-order valence-corrected chi connectivity index (χ2v) is 5.35. The van der Waals surface area contributed by atoms with E-state index in [0.717, 1.165) is 12.8 Å². The molecule has 2 amide bonds. The molecule has 0 saturated heterocycles. The first-order chi connectivity index (χ1) is 10.2. The number of hydrogen-bond donors (Lipinski definition) is 3. The Kier molecular flexibility index (Phi) is 3.66. The second-order valence-electron chi connectivity index (χ2n) is 5.35. The van der Waals surface area contributed by atoms with Crippen molar-refractivity contribution in [2.24, 2.45) is 5.92 Å². The summed E-state index contributed by atoms with van der Waals surface area (Å²) in [5.74, 6) is 0.644. The predicted octanol–water partition coefficient (Wildman–Crippen LogP) is 2.70. The maximum atomic E-state index is 11.9. The molecule has 0 radical (unpaired) electrons. The van der Waals surface area contributed by atoms with Gasteiger partial charge in [-0.05, 0) is 43.0 Å². The standard InChI is InChI=1S/C16H18N2O3/c19-15(18-13-5-2-1-3-6-13)17-11-16(20,12-8-9-12)14-7-4-10-21-14/h1-7,10,12,20H,8-9,11H2,(H2,17,18,19)/t16-/m0/s1. The molecule has 0 bridgehead atoms. The minimum Gasteiger partial charge on any atom is -0.466 e. The maximum Gasteiger partial charge on any atom is 0.319 e. The fourth-order valence-corrected chi connectivity index (χ4v) is 2.43. The zero-order valence-electron chi connectivity index (χ0n) is 11.6. The molecule has 5 heteroatoms. The number of benzene rings is 1. The van der Waals surface area contributed by atoms with Crippen molar-refractivity contribution in [3.05, 3.63) is 54.5 Å². The molecule has 1 aliphatic rings. The van der Waals surface area contributed by atoms with Gasteiger partial charge in [-0.25, -0.2) is 4.79 Å². The molecule has 3 rings (SSSR count). The van der Waals surface area contributed by atoms with Gasteiger partial charge >= 0.3 is 6.03 Å². The quantitative estimate of drug-likeness (QED) is 0.791. The lowest BCUT2D eigenvalue weighted by Crippen LogP contribution is -2.43. The first-order valence-electron chi connectivity index (χ1n) is 7.05. The highest BCUT2D eigenvalue weighted by Crippen LogP contribution is 2.45. The van der Waals surface area contributed by atoms with Crippen molar-refractivity contribution in [1.29, 1.82) is 0 Å². The van der Waals surface area contributed by atoms with E-state index in [0.29, 0.717) is 11.4 Å². The Morgan fingerprint density at radius 2 is 2.00 bits per heavy atom. The SMILES string of the molecule is O=C(NC[C@@](O)(c1ccco1)C1CC1)Nc1ccccc1. The molecule has 1 aliphatic carbocycles. The zero-order valence-corrected chi connectivity index (χ0v) is 11.6. The molecule has 2 aromatic rings. The first-order valence-corrected chi connectivity index (χ1v) is 7.05. The van der Waals surface area contributed by atoms with Gasteiger partial charge in [0.15, 0.2) is 0 Å². The van der Waals surface area contributed by atoms with Crippen LogP contribution in [-0.2, 0) is 5.60 Å². The number of urea groups is 1. The molecular formula is C16H18N2O3. The van der Waals surface area contributed by atoms with Crippen molar-refractivity contribution in [3.63, 3.8) is 0 Å². The Labute approximate surface area is 123 Å². The lowest BCUT2D eigenvalue weighted by molar-refractivity contribution is -0.00414. The highest BCUT2D eigenvalue weighted by Gasteiger charge is 2.47. The van der Waals surface area contributed by atoms with E-state index in [1.807, 2.05) is 18.2 Å². The summed E-state index contributed by atoms with van der Waals surface area (Å²) in [6.07, 6.45) is 3.42. The van der Waals surface area contributed by atoms with E-state index in [-0.39, 0.29) is 18.5 Å². The van der Waals surface area contributed by atoms with Crippen LogP contribution in [0.5, 0.6) is 0 Å². The largest absolute Gasteiger partial charge is 0.466 e. The van der Waals surface area contributed by atoms with Crippen LogP contribution in [0.3, 0.4) is 0 Å². The molecule has 21 heavy (non-hydrogen) atoms. The first kappa shape index (κ1) is 13.7. The Balaban J connectivity index is 1.61. The summed E-state index contributed by atoms with van der Waals surface area (Å²) in [6.45, 7) is 0.129. The van der Waals surface area contributed by atoms with Gasteiger partial charge in [-0.15, -0.1) is 0 Å². The number of furan rings is 1. The van der Waals surface area contributed by atoms with E-state index in [9.17, 15) is 9.90 Å². The van der Waals surface area contributed by atoms with E-state index in [1.54, 1.807) is 24.3 Å². The smallest absolute Gasteiger partial charge is 0.319 e. The fraction of sp³-hybridized carbons (Fsp3) is 0.312. The number of para-hydroxylation sites is 1. The molecule has 5 nitrogen and oxygen atoms in total. The normalized spacial score (nSPS) is 17.0. The topological polar surface area (TPSA) is 74.5 Å². The molecule has 1 atom stereocenters. The van der Waals surface area contributed by atoms with E-state index in [1.165, 1.54) is 6.26 Å². The Hall–Kier alpha value is -2.27. The summed E-state index contributed by atoms with van der Waals surface area (Å²) >= 11 is 0. The molecule has 1 saturated carbocycles. The van der Waals surface area contributed by atoms with Crippen molar-refractivity contribution < 1.29 is 14.3 Å². The van der Waals surface area contributed by atoms with Crippen LogP contribution in [-0.4, -0.2) is 17.7 Å². The molecule has 3 N–H and O–H groups in total. The summed E-state index contributed by atoms with van der Waals surface area (Å²) < 4.78 is 5.33. The van der Waals surface area contributed by atoms with Gasteiger partial charge in [0.05, 0.1) is 12.8 Å². The third-order valence-electron chi connectivity index (χ3n) is 3.75. The molecule has 1 fully saturated rings. The molecule has 110 valence electrons. The summed E-state index contributed by atoms with van der Waals surface area (Å²) in [5, 5.41) is 16.2. The van der Waals surface area contributed by atoms with Crippen molar-refractivity contribution >= 4 is 11.7 Å². The zero-order chi connectivity index (χ0) is 14.7. The van der Waals surface area contributed by atoms with Gasteiger partial charge in [0.2, 0.25) is 0 Å². The van der Waals surface area contributed by atoms with E-state index < -0.39 is 5.60 Å². The molecule has 1 aromatic heterocycles. The van der Waals surface area contributed by atoms with E-state index >= 15 is 0 Å². The van der Waals surface area contributed by atoms with Crippen LogP contribution in [0, 0.1) is 5.92 Å². The number of amides is 2. The number of nitrogens with one attached hydrogen (secondary N) is 2. The summed E-state index contributed by atoms with van der Waals surface area (Å²) in [7, 11) is 0. The number of anilines is 1. The number of rotatable bonds is 5. The minimum absolute atomic E-state index is 0.129. The van der Waals surface area contributed by atoms with Crippen LogP contribution in [0.1, 0.15) is 18.6 Å². The van der Waals surface area contributed by atoms with Crippen molar-refractivity contribution in [3.8, 4) is 0 Å². The van der Waals surface area contributed by atoms with Gasteiger partial charge in [0, 0.05) is 5.69 Å². The molecule has 0 spiro atoms. The van der Waals surface area contributed by atoms with Gasteiger partial charge < -0.3 is 20.2 Å². The molecule has 0 unspecified atom stereocenters. The van der Waals surface area contributed by atoms with Gasteiger partial charge in [-0.1, -0.05) is 18.2 Å². The molecule has 1 aromatic carbocycles. The fourth-order valence-electron chi connectivity index (χ4n) is 2.43. The van der Waals surface area contributed by atoms with Crippen LogP contribution < -0.4 is 10.6 Å². The van der Waals surface area contributed by atoms with Crippen molar-refractivity contribution in [2.75, 3.05) is 11.9 Å². The van der Waals surface area contributed by atoms with E-state index in [4.69, 9.17) is 4.42 Å². The Bertz CT molecular complexity index is 593. The molecular weight excluding hydrogens is 268 g/mol. The van der Waals surface area contributed by atoms with Crippen molar-refractivity contribution in [2.45, 2.75) is 18.4 Å². The predicted molar refractivity (Wildman–Crippen MR) is 78.8 cm³/mol. The number of hydrogen-bond acceptors (Lipinski definition) is 3. The lowest BCUT2D eigenvalue weighted by Gasteiger charge is -2.26. The summed E-state index contributed by atoms with van der Waals surface area (Å²) in [5.41, 5.74) is -0.416. The Morgan fingerprint density at radius 3 is 2.62 bits per heavy atom. The maximum absolute atomic E-state index is 11.9. The Morgan fingerprint density at radius 1 is 1.24 bits per heavy atom. The van der Waals surface area contributed by atoms with Crippen LogP contribution in [0.15, 0.2) is 53.1 Å². The monoisotopic (exact) mass is 286 g/mol. The van der Waals surface area contributed by atoms with Crippen LogP contribution >= 0.6 is 0 Å². The average Bonchev–Trinajstić information content (AvgIpc) is 3.21. The van der Waals surface area contributed by atoms with Gasteiger partial charge in [-0.2, -0.15) is 0 Å². The second kappa shape index (κ2) is 5.61. The van der Waals surface area contributed by atoms with Gasteiger partial charge in [-0.3, -0.25) is 0 Å². The van der Waals surface area contributed by atoms with Gasteiger partial charge in [0.25, 0.3) is 0 Å². The number of carbonyl (C=O) groups is 1. The minimum atomic E-state index is -1.13. The number of carbonyl (C=O) groups excluding carboxylic acids is 1. The highest BCUT2D eigenvalue weighted by molar-refractivity contribution is 5.89. The van der Waals surface area contributed by atoms with E-state index in [2.05, 4.69) is 10.6 Å². The number of aliphatic hydroxyl groups is 1. The van der Waals surface area contributed by atoms with Crippen LogP contribution in [0.25, 0.3) is 0 Å². The molecule has 0 aliphatic heterocycles. The average molecular weight is 286 g/mol. The summed E-state index contributed by atoms with van der Waals surface area (Å²) in [4.78, 5) is 11.9. The van der Waals surface area contributed by atoms with Crippen molar-refractivity contribution in [1.82, 2.24) is 5.32 Å². The van der Waals surface area contributed by atoms with Crippen LogP contribution in [0.2, 0.25) is 0 Å². The third-order valence-corrected chi connectivity index (χ3v) is 3.75. The third kappa shape index (κ3) is 3.08. The summed E-state index contributed by atoms with van der Waals surface area (Å²) in [6, 6.07) is 12.3. The molecule has 1 heterocycles. The van der Waals surface area contributed by atoms with Gasteiger partial charge in [0.1, 0.15) is 11.4 Å². The highest BCUT2D eigenvalue weighted by atomic mass is 16.4. The van der Waals surface area contributed by atoms with Crippen LogP contribution in [0.4, 0.5) is 10.5 Å².